The molecule has 3 heterocycles. The summed E-state index contributed by atoms with van der Waals surface area (Å²) in [7, 11) is 1.88. The van der Waals surface area contributed by atoms with Crippen molar-refractivity contribution in [3.8, 4) is 0 Å². The Bertz CT molecular complexity index is 599. The lowest BCUT2D eigenvalue weighted by molar-refractivity contribution is -0.0666. The van der Waals surface area contributed by atoms with E-state index >= 15 is 0 Å². The topological polar surface area (TPSA) is 58.4 Å². The molecule has 0 aromatic carbocycles. The smallest absolute Gasteiger partial charge is 0.264 e. The maximum atomic E-state index is 12.2. The summed E-state index contributed by atoms with van der Waals surface area (Å²) in [6.45, 7) is 4.52. The number of hydrogen-bond donors (Lipinski definition) is 1. The number of rotatable bonds is 1. The van der Waals surface area contributed by atoms with Gasteiger partial charge < -0.3 is 10.0 Å². The van der Waals surface area contributed by atoms with Gasteiger partial charge >= 0.3 is 0 Å². The van der Waals surface area contributed by atoms with Crippen molar-refractivity contribution in [2.24, 2.45) is 7.05 Å². The third kappa shape index (κ3) is 1.64. The first-order valence-electron chi connectivity index (χ1n) is 5.82. The SMILES string of the molecule is Cc1nn(C)c2sc(C(=O)N3CC(C)(O)C3)cc12. The Balaban J connectivity index is 1.91. The first-order valence-corrected chi connectivity index (χ1v) is 6.64. The van der Waals surface area contributed by atoms with E-state index in [1.54, 1.807) is 16.5 Å². The molecule has 0 saturated carbocycles. The van der Waals surface area contributed by atoms with Gasteiger partial charge in [-0.15, -0.1) is 11.3 Å². The molecule has 2 aromatic heterocycles. The van der Waals surface area contributed by atoms with E-state index in [4.69, 9.17) is 0 Å². The summed E-state index contributed by atoms with van der Waals surface area (Å²) in [4.78, 5) is 15.6. The maximum Gasteiger partial charge on any atom is 0.264 e. The molecule has 1 aliphatic heterocycles. The van der Waals surface area contributed by atoms with E-state index in [0.29, 0.717) is 13.1 Å². The minimum atomic E-state index is -0.718. The second-order valence-electron chi connectivity index (χ2n) is 5.20. The molecule has 1 amide bonds. The molecule has 0 atom stereocenters. The first-order chi connectivity index (χ1) is 8.37. The van der Waals surface area contributed by atoms with Crippen molar-refractivity contribution < 1.29 is 9.90 Å². The fourth-order valence-corrected chi connectivity index (χ4v) is 3.48. The van der Waals surface area contributed by atoms with Gasteiger partial charge in [0, 0.05) is 12.4 Å². The van der Waals surface area contributed by atoms with Crippen molar-refractivity contribution in [2.45, 2.75) is 19.4 Å². The van der Waals surface area contributed by atoms with Crippen LogP contribution in [0.25, 0.3) is 10.2 Å². The second-order valence-corrected chi connectivity index (χ2v) is 6.23. The molecule has 1 N–H and O–H groups in total. The van der Waals surface area contributed by atoms with E-state index in [9.17, 15) is 9.90 Å². The normalized spacial score (nSPS) is 18.1. The fraction of sp³-hybridized carbons (Fsp3) is 0.500. The van der Waals surface area contributed by atoms with E-state index in [1.807, 2.05) is 20.0 Å². The van der Waals surface area contributed by atoms with Crippen LogP contribution in [0.15, 0.2) is 6.07 Å². The summed E-state index contributed by atoms with van der Waals surface area (Å²) in [6.07, 6.45) is 0. The molecule has 0 bridgehead atoms. The number of fused-ring (bicyclic) bond motifs is 1. The van der Waals surface area contributed by atoms with Crippen LogP contribution in [0.2, 0.25) is 0 Å². The van der Waals surface area contributed by atoms with E-state index in [1.165, 1.54) is 11.3 Å². The van der Waals surface area contributed by atoms with E-state index in [2.05, 4.69) is 5.10 Å². The summed E-state index contributed by atoms with van der Waals surface area (Å²) in [5.74, 6) is 0.00197. The molecule has 0 aliphatic carbocycles. The van der Waals surface area contributed by atoms with Crippen molar-refractivity contribution in [3.63, 3.8) is 0 Å². The zero-order chi connectivity index (χ0) is 13.1. The Morgan fingerprint density at radius 3 is 2.78 bits per heavy atom. The summed E-state index contributed by atoms with van der Waals surface area (Å²) >= 11 is 1.46. The number of hydrogen-bond acceptors (Lipinski definition) is 4. The number of amides is 1. The average Bonchev–Trinajstić information content (AvgIpc) is 2.77. The minimum Gasteiger partial charge on any atom is -0.386 e. The van der Waals surface area contributed by atoms with Crippen molar-refractivity contribution in [2.75, 3.05) is 13.1 Å². The Morgan fingerprint density at radius 1 is 1.56 bits per heavy atom. The van der Waals surface area contributed by atoms with Gasteiger partial charge in [-0.05, 0) is 19.9 Å². The van der Waals surface area contributed by atoms with Crippen LogP contribution < -0.4 is 0 Å². The van der Waals surface area contributed by atoms with Gasteiger partial charge in [-0.1, -0.05) is 0 Å². The molecule has 6 heteroatoms. The Hall–Kier alpha value is -1.40. The van der Waals surface area contributed by atoms with Crippen LogP contribution in [0.3, 0.4) is 0 Å². The van der Waals surface area contributed by atoms with Gasteiger partial charge in [-0.25, -0.2) is 0 Å². The number of thiophene rings is 1. The quantitative estimate of drug-likeness (QED) is 0.841. The lowest BCUT2D eigenvalue weighted by Gasteiger charge is -2.43. The Labute approximate surface area is 109 Å². The lowest BCUT2D eigenvalue weighted by atomic mass is 9.97. The number of aromatic nitrogens is 2. The Kier molecular flexibility index (Phi) is 2.30. The number of carbonyl (C=O) groups excluding carboxylic acids is 1. The monoisotopic (exact) mass is 265 g/mol. The van der Waals surface area contributed by atoms with Crippen molar-refractivity contribution >= 4 is 27.5 Å². The molecule has 96 valence electrons. The number of carbonyl (C=O) groups is 1. The molecule has 1 aliphatic rings. The number of β-amino-alcohol motifs (C(OH)–C–C–N with tert-alkyl or cyclic N) is 1. The predicted molar refractivity (Wildman–Crippen MR) is 69.9 cm³/mol. The van der Waals surface area contributed by atoms with Crippen LogP contribution in [0.5, 0.6) is 0 Å². The van der Waals surface area contributed by atoms with Crippen molar-refractivity contribution in [1.82, 2.24) is 14.7 Å². The van der Waals surface area contributed by atoms with E-state index < -0.39 is 5.60 Å². The molecule has 1 saturated heterocycles. The summed E-state index contributed by atoms with van der Waals surface area (Å²) in [5, 5.41) is 15.0. The van der Waals surface area contributed by atoms with Crippen LogP contribution in [-0.4, -0.2) is 44.4 Å². The summed E-state index contributed by atoms with van der Waals surface area (Å²) in [5.41, 5.74) is 0.225. The number of aliphatic hydroxyl groups is 1. The molecule has 5 nitrogen and oxygen atoms in total. The molecule has 3 rings (SSSR count). The molecular formula is C12H15N3O2S. The third-order valence-electron chi connectivity index (χ3n) is 3.26. The van der Waals surface area contributed by atoms with E-state index in [0.717, 1.165) is 20.8 Å². The molecule has 0 spiro atoms. The zero-order valence-electron chi connectivity index (χ0n) is 10.6. The highest BCUT2D eigenvalue weighted by atomic mass is 32.1. The van der Waals surface area contributed by atoms with Gasteiger partial charge in [-0.2, -0.15) is 5.10 Å². The van der Waals surface area contributed by atoms with Gasteiger partial charge in [0.1, 0.15) is 4.83 Å². The zero-order valence-corrected chi connectivity index (χ0v) is 11.4. The molecule has 0 unspecified atom stereocenters. The van der Waals surface area contributed by atoms with Gasteiger partial charge in [0.25, 0.3) is 5.91 Å². The minimum absolute atomic E-state index is 0.00197. The van der Waals surface area contributed by atoms with Crippen LogP contribution in [0.4, 0.5) is 0 Å². The van der Waals surface area contributed by atoms with Crippen LogP contribution in [0, 0.1) is 6.92 Å². The summed E-state index contributed by atoms with van der Waals surface area (Å²) < 4.78 is 1.80. The highest BCUT2D eigenvalue weighted by Crippen LogP contribution is 2.30. The molecule has 18 heavy (non-hydrogen) atoms. The largest absolute Gasteiger partial charge is 0.386 e. The van der Waals surface area contributed by atoms with E-state index in [-0.39, 0.29) is 5.91 Å². The predicted octanol–water partition coefficient (Wildman–Crippen LogP) is 1.15. The van der Waals surface area contributed by atoms with Gasteiger partial charge in [0.15, 0.2) is 0 Å². The van der Waals surface area contributed by atoms with Crippen LogP contribution in [0.1, 0.15) is 22.3 Å². The van der Waals surface area contributed by atoms with Crippen LogP contribution >= 0.6 is 11.3 Å². The van der Waals surface area contributed by atoms with Crippen LogP contribution in [-0.2, 0) is 7.05 Å². The number of aryl methyl sites for hydroxylation is 2. The van der Waals surface area contributed by atoms with Crippen molar-refractivity contribution in [3.05, 3.63) is 16.6 Å². The standard InChI is InChI=1S/C12H15N3O2S/c1-7-8-4-9(18-11(8)14(3)13-7)10(16)15-5-12(2,17)6-15/h4,17H,5-6H2,1-3H3. The second kappa shape index (κ2) is 3.55. The fourth-order valence-electron chi connectivity index (χ4n) is 2.39. The summed E-state index contributed by atoms with van der Waals surface area (Å²) in [6, 6.07) is 1.90. The number of nitrogens with zero attached hydrogens (tertiary/aromatic N) is 3. The highest BCUT2D eigenvalue weighted by Gasteiger charge is 2.40. The molecule has 1 fully saturated rings. The third-order valence-corrected chi connectivity index (χ3v) is 4.45. The molecule has 0 radical (unpaired) electrons. The highest BCUT2D eigenvalue weighted by molar-refractivity contribution is 7.20. The number of likely N-dealkylation sites (tertiary alicyclic amines) is 1. The van der Waals surface area contributed by atoms with Gasteiger partial charge in [0.05, 0.1) is 29.3 Å². The lowest BCUT2D eigenvalue weighted by Crippen LogP contribution is -2.61. The molecule has 2 aromatic rings. The van der Waals surface area contributed by atoms with Gasteiger partial charge in [-0.3, -0.25) is 9.48 Å². The maximum absolute atomic E-state index is 12.2. The first kappa shape index (κ1) is 11.7. The molecular weight excluding hydrogens is 250 g/mol. The average molecular weight is 265 g/mol. The van der Waals surface area contributed by atoms with Crippen molar-refractivity contribution in [1.29, 1.82) is 0 Å². The van der Waals surface area contributed by atoms with Gasteiger partial charge in [0.2, 0.25) is 0 Å². The Morgan fingerprint density at radius 2 is 2.22 bits per heavy atom.